The summed E-state index contributed by atoms with van der Waals surface area (Å²) in [5, 5.41) is 5.24. The molecule has 1 aromatic rings. The highest BCUT2D eigenvalue weighted by atomic mass is 79.9. The van der Waals surface area contributed by atoms with Crippen molar-refractivity contribution in [3.63, 3.8) is 0 Å². The van der Waals surface area contributed by atoms with Crippen molar-refractivity contribution in [2.24, 2.45) is 0 Å². The Morgan fingerprint density at radius 1 is 1.54 bits per heavy atom. The first kappa shape index (κ1) is 10.5. The summed E-state index contributed by atoms with van der Waals surface area (Å²) in [5.74, 6) is 0. The van der Waals surface area contributed by atoms with Crippen molar-refractivity contribution in [1.82, 2.24) is 9.78 Å². The van der Waals surface area contributed by atoms with E-state index in [0.29, 0.717) is 0 Å². The first-order valence-corrected chi connectivity index (χ1v) is 5.52. The molecule has 0 fully saturated rings. The maximum absolute atomic E-state index is 4.43. The summed E-state index contributed by atoms with van der Waals surface area (Å²) < 4.78 is 2.01. The van der Waals surface area contributed by atoms with E-state index in [9.17, 15) is 0 Å². The minimum absolute atomic E-state index is 0.810. The van der Waals surface area contributed by atoms with Gasteiger partial charge in [0, 0.05) is 23.1 Å². The maximum Gasteiger partial charge on any atom is 0.0671 e. The van der Waals surface area contributed by atoms with Crippen LogP contribution in [0.25, 0.3) is 5.57 Å². The van der Waals surface area contributed by atoms with E-state index in [1.807, 2.05) is 11.6 Å². The molecule has 0 bridgehead atoms. The molecule has 0 saturated carbocycles. The third kappa shape index (κ3) is 1.85. The van der Waals surface area contributed by atoms with Gasteiger partial charge in [-0.2, -0.15) is 5.10 Å². The van der Waals surface area contributed by atoms with Gasteiger partial charge in [-0.25, -0.2) is 0 Å². The fraction of sp³-hybridized carbons (Fsp3) is 0.500. The number of nitrogens with zero attached hydrogens (tertiary/aromatic N) is 2. The molecule has 0 aliphatic carbocycles. The van der Waals surface area contributed by atoms with E-state index >= 15 is 0 Å². The molecule has 0 aromatic carbocycles. The first-order valence-electron chi connectivity index (χ1n) is 4.39. The molecule has 0 radical (unpaired) electrons. The van der Waals surface area contributed by atoms with Crippen molar-refractivity contribution in [1.29, 1.82) is 0 Å². The second-order valence-corrected chi connectivity index (χ2v) is 3.66. The van der Waals surface area contributed by atoms with Gasteiger partial charge < -0.3 is 0 Å². The number of rotatable bonds is 3. The van der Waals surface area contributed by atoms with Gasteiger partial charge in [0.25, 0.3) is 0 Å². The largest absolute Gasteiger partial charge is 0.269 e. The topological polar surface area (TPSA) is 17.8 Å². The number of halogens is 1. The second-order valence-electron chi connectivity index (χ2n) is 3.10. The Balaban J connectivity index is 3.20. The molecule has 0 N–H and O–H groups in total. The highest BCUT2D eigenvalue weighted by Crippen LogP contribution is 2.22. The average molecular weight is 243 g/mol. The predicted octanol–water partition coefficient (Wildman–Crippen LogP) is 2.93. The Kier molecular flexibility index (Phi) is 3.31. The second kappa shape index (κ2) is 4.09. The molecule has 0 aliphatic heterocycles. The molecule has 1 heterocycles. The molecule has 1 aromatic heterocycles. The lowest BCUT2D eigenvalue weighted by molar-refractivity contribution is 0.634. The Hall–Kier alpha value is -0.570. The molecule has 13 heavy (non-hydrogen) atoms. The van der Waals surface area contributed by atoms with Crippen molar-refractivity contribution in [3.8, 4) is 0 Å². The van der Waals surface area contributed by atoms with Crippen LogP contribution in [0.5, 0.6) is 0 Å². The van der Waals surface area contributed by atoms with Gasteiger partial charge in [0.2, 0.25) is 0 Å². The quantitative estimate of drug-likeness (QED) is 0.746. The van der Waals surface area contributed by atoms with Gasteiger partial charge in [-0.1, -0.05) is 22.5 Å². The summed E-state index contributed by atoms with van der Waals surface area (Å²) in [6, 6.07) is 0. The van der Waals surface area contributed by atoms with Crippen LogP contribution in [0.1, 0.15) is 23.9 Å². The number of hydrogen-bond donors (Lipinski definition) is 0. The zero-order chi connectivity index (χ0) is 10.0. The lowest BCUT2D eigenvalue weighted by Gasteiger charge is -2.02. The monoisotopic (exact) mass is 242 g/mol. The third-order valence-corrected chi connectivity index (χ3v) is 2.87. The molecule has 0 spiro atoms. The Morgan fingerprint density at radius 3 is 2.54 bits per heavy atom. The molecule has 0 amide bonds. The van der Waals surface area contributed by atoms with Crippen LogP contribution in [0.2, 0.25) is 0 Å². The molecule has 2 nitrogen and oxygen atoms in total. The van der Waals surface area contributed by atoms with E-state index in [1.54, 1.807) is 0 Å². The summed E-state index contributed by atoms with van der Waals surface area (Å²) in [5.41, 5.74) is 4.60. The minimum atomic E-state index is 0.810. The SMILES string of the molecule is C=C(CBr)c1c(C)nn(CC)c1C. The standard InChI is InChI=1S/C10H15BrN2/c1-5-13-9(4)10(7(2)6-11)8(3)12-13/h2,5-6H2,1,3-4H3. The van der Waals surface area contributed by atoms with Crippen molar-refractivity contribution >= 4 is 21.5 Å². The summed E-state index contributed by atoms with van der Waals surface area (Å²) in [6.45, 7) is 11.1. The lowest BCUT2D eigenvalue weighted by Crippen LogP contribution is -1.99. The summed E-state index contributed by atoms with van der Waals surface area (Å²) in [6.07, 6.45) is 0. The van der Waals surface area contributed by atoms with E-state index in [4.69, 9.17) is 0 Å². The number of aromatic nitrogens is 2. The smallest absolute Gasteiger partial charge is 0.0671 e. The minimum Gasteiger partial charge on any atom is -0.269 e. The average Bonchev–Trinajstić information content (AvgIpc) is 2.40. The van der Waals surface area contributed by atoms with Gasteiger partial charge >= 0.3 is 0 Å². The highest BCUT2D eigenvalue weighted by Gasteiger charge is 2.11. The van der Waals surface area contributed by atoms with Gasteiger partial charge in [0.15, 0.2) is 0 Å². The summed E-state index contributed by atoms with van der Waals surface area (Å²) in [7, 11) is 0. The third-order valence-electron chi connectivity index (χ3n) is 2.20. The summed E-state index contributed by atoms with van der Waals surface area (Å²) >= 11 is 3.41. The molecule has 1 rings (SSSR count). The fourth-order valence-electron chi connectivity index (χ4n) is 1.58. The van der Waals surface area contributed by atoms with Crippen molar-refractivity contribution in [2.75, 3.05) is 5.33 Å². The van der Waals surface area contributed by atoms with Crippen LogP contribution < -0.4 is 0 Å². The Bertz CT molecular complexity index is 326. The van der Waals surface area contributed by atoms with Gasteiger partial charge in [0.05, 0.1) is 5.69 Å². The van der Waals surface area contributed by atoms with Crippen LogP contribution in [0.3, 0.4) is 0 Å². The van der Waals surface area contributed by atoms with E-state index in [0.717, 1.165) is 23.1 Å². The molecular formula is C10H15BrN2. The van der Waals surface area contributed by atoms with E-state index in [1.165, 1.54) is 11.3 Å². The molecule has 0 unspecified atom stereocenters. The van der Waals surface area contributed by atoms with Crippen LogP contribution in [-0.4, -0.2) is 15.1 Å². The molecule has 0 aliphatic rings. The van der Waals surface area contributed by atoms with Crippen molar-refractivity contribution < 1.29 is 0 Å². The molecule has 3 heteroatoms. The van der Waals surface area contributed by atoms with Gasteiger partial charge in [0.1, 0.15) is 0 Å². The van der Waals surface area contributed by atoms with E-state index in [-0.39, 0.29) is 0 Å². The Morgan fingerprint density at radius 2 is 2.15 bits per heavy atom. The molecule has 0 saturated heterocycles. The number of hydrogen-bond acceptors (Lipinski definition) is 1. The summed E-state index contributed by atoms with van der Waals surface area (Å²) in [4.78, 5) is 0. The van der Waals surface area contributed by atoms with Crippen molar-refractivity contribution in [2.45, 2.75) is 27.3 Å². The normalized spacial score (nSPS) is 10.5. The number of alkyl halides is 1. The predicted molar refractivity (Wildman–Crippen MR) is 60.2 cm³/mol. The van der Waals surface area contributed by atoms with Crippen LogP contribution in [0, 0.1) is 13.8 Å². The highest BCUT2D eigenvalue weighted by molar-refractivity contribution is 9.09. The zero-order valence-corrected chi connectivity index (χ0v) is 9.98. The fourth-order valence-corrected chi connectivity index (χ4v) is 1.86. The number of allylic oxidation sites excluding steroid dienone is 1. The van der Waals surface area contributed by atoms with Crippen LogP contribution in [0.15, 0.2) is 6.58 Å². The van der Waals surface area contributed by atoms with Gasteiger partial charge in [-0.05, 0) is 26.3 Å². The molecular weight excluding hydrogens is 228 g/mol. The first-order chi connectivity index (χ1) is 6.11. The van der Waals surface area contributed by atoms with E-state index < -0.39 is 0 Å². The number of aryl methyl sites for hydroxylation is 2. The van der Waals surface area contributed by atoms with Gasteiger partial charge in [-0.15, -0.1) is 0 Å². The Labute approximate surface area is 87.8 Å². The zero-order valence-electron chi connectivity index (χ0n) is 8.39. The molecule has 72 valence electrons. The van der Waals surface area contributed by atoms with Crippen LogP contribution >= 0.6 is 15.9 Å². The van der Waals surface area contributed by atoms with E-state index in [2.05, 4.69) is 41.5 Å². The van der Waals surface area contributed by atoms with Crippen molar-refractivity contribution in [3.05, 3.63) is 23.5 Å². The lowest BCUT2D eigenvalue weighted by atomic mass is 10.1. The van der Waals surface area contributed by atoms with Crippen LogP contribution in [0.4, 0.5) is 0 Å². The van der Waals surface area contributed by atoms with Crippen LogP contribution in [-0.2, 0) is 6.54 Å². The molecule has 0 atom stereocenters. The van der Waals surface area contributed by atoms with Gasteiger partial charge in [-0.3, -0.25) is 4.68 Å². The maximum atomic E-state index is 4.43.